The maximum absolute atomic E-state index is 14.7. The molecule has 1 N–H and O–H groups in total. The number of thioether (sulfide) groups is 1. The van der Waals surface area contributed by atoms with E-state index in [0.717, 1.165) is 49.1 Å². The zero-order valence-electron chi connectivity index (χ0n) is 26.9. The van der Waals surface area contributed by atoms with Gasteiger partial charge in [-0.1, -0.05) is 55.3 Å². The van der Waals surface area contributed by atoms with Crippen LogP contribution in [0.1, 0.15) is 51.0 Å². The topological polar surface area (TPSA) is 90.4 Å². The zero-order chi connectivity index (χ0) is 32.7. The molecule has 2 bridgehead atoms. The van der Waals surface area contributed by atoms with E-state index in [0.29, 0.717) is 39.2 Å². The summed E-state index contributed by atoms with van der Waals surface area (Å²) in [4.78, 5) is 49.1. The van der Waals surface area contributed by atoms with Gasteiger partial charge in [0.1, 0.15) is 11.8 Å². The highest BCUT2D eigenvalue weighted by Crippen LogP contribution is 2.66. The Labute approximate surface area is 277 Å². The number of unbranched alkanes of at least 4 members (excludes halogenated alkanes) is 3. The fraction of sp³-hybridized carbons (Fsp3) is 0.486. The van der Waals surface area contributed by atoms with Crippen LogP contribution in [0.25, 0.3) is 0 Å². The van der Waals surface area contributed by atoms with Gasteiger partial charge in [0.25, 0.3) is 0 Å². The maximum atomic E-state index is 14.7. The lowest BCUT2D eigenvalue weighted by atomic mass is 9.70. The minimum atomic E-state index is -0.668. The van der Waals surface area contributed by atoms with Crippen LogP contribution in [0.4, 0.5) is 5.69 Å². The van der Waals surface area contributed by atoms with Crippen LogP contribution < -0.4 is 9.64 Å². The summed E-state index contributed by atoms with van der Waals surface area (Å²) in [5.41, 5.74) is 1.74. The number of ether oxygens (including phenoxy) is 1. The molecule has 8 nitrogen and oxygen atoms in total. The number of hydrogen-bond donors (Lipinski definition) is 1. The van der Waals surface area contributed by atoms with Gasteiger partial charge in [-0.25, -0.2) is 0 Å². The second-order valence-corrected chi connectivity index (χ2v) is 14.0. The van der Waals surface area contributed by atoms with Crippen LogP contribution in [-0.2, 0) is 20.9 Å². The first-order valence-corrected chi connectivity index (χ1v) is 17.5. The first-order chi connectivity index (χ1) is 22.4. The number of fused-ring (bicyclic) bond motifs is 1. The highest BCUT2D eigenvalue weighted by molar-refractivity contribution is 8.02. The minimum absolute atomic E-state index is 0.0413. The molecule has 3 amide bonds. The van der Waals surface area contributed by atoms with Gasteiger partial charge in [0.2, 0.25) is 17.7 Å². The SMILES string of the molecule is C=CCN(Cc1ccccc1)C(=O)C1N(CCCCCCO)C(=O)[C@@H]2[C@@H](C(=O)N(CC=C)c3ccc(OCC)cc3)[C@H]3CCC12S3. The molecule has 2 unspecified atom stereocenters. The molecule has 3 saturated heterocycles. The molecule has 3 heterocycles. The molecule has 0 radical (unpaired) electrons. The summed E-state index contributed by atoms with van der Waals surface area (Å²) in [5.74, 6) is -0.637. The van der Waals surface area contributed by atoms with Crippen LogP contribution in [0.15, 0.2) is 79.9 Å². The summed E-state index contributed by atoms with van der Waals surface area (Å²) in [6.07, 6.45) is 8.11. The van der Waals surface area contributed by atoms with Crippen LogP contribution in [0.3, 0.4) is 0 Å². The van der Waals surface area contributed by atoms with Crippen molar-refractivity contribution in [2.45, 2.75) is 68.0 Å². The molecule has 1 spiro atoms. The van der Waals surface area contributed by atoms with E-state index in [9.17, 15) is 19.5 Å². The molecular weight excluding hydrogens is 598 g/mol. The third-order valence-electron chi connectivity index (χ3n) is 9.54. The molecule has 5 atom stereocenters. The molecule has 246 valence electrons. The fourth-order valence-corrected chi connectivity index (χ4v) is 9.79. The molecule has 3 aliphatic heterocycles. The molecule has 3 fully saturated rings. The number of carbonyl (C=O) groups is 3. The van der Waals surface area contributed by atoms with Gasteiger partial charge in [0, 0.05) is 43.7 Å². The minimum Gasteiger partial charge on any atom is -0.494 e. The number of aliphatic hydroxyl groups excluding tert-OH is 1. The number of likely N-dealkylation sites (tertiary alicyclic amines) is 1. The lowest BCUT2D eigenvalue weighted by Gasteiger charge is -2.37. The van der Waals surface area contributed by atoms with Crippen molar-refractivity contribution in [3.05, 3.63) is 85.5 Å². The third-order valence-corrected chi connectivity index (χ3v) is 11.5. The van der Waals surface area contributed by atoms with E-state index in [1.807, 2.05) is 66.4 Å². The number of rotatable bonds is 17. The summed E-state index contributed by atoms with van der Waals surface area (Å²) < 4.78 is 4.95. The van der Waals surface area contributed by atoms with Crippen molar-refractivity contribution in [2.24, 2.45) is 11.8 Å². The average molecular weight is 646 g/mol. The molecule has 46 heavy (non-hydrogen) atoms. The molecule has 5 rings (SSSR count). The molecule has 0 aliphatic carbocycles. The van der Waals surface area contributed by atoms with E-state index < -0.39 is 22.6 Å². The number of hydrogen-bond acceptors (Lipinski definition) is 6. The normalized spacial score (nSPS) is 24.5. The van der Waals surface area contributed by atoms with E-state index in [-0.39, 0.29) is 29.6 Å². The third kappa shape index (κ3) is 6.63. The number of benzene rings is 2. The number of aliphatic hydroxyl groups is 1. The van der Waals surface area contributed by atoms with E-state index in [1.54, 1.807) is 33.7 Å². The Hall–Kier alpha value is -3.56. The molecule has 9 heteroatoms. The predicted molar refractivity (Wildman–Crippen MR) is 184 cm³/mol. The van der Waals surface area contributed by atoms with Crippen molar-refractivity contribution in [1.82, 2.24) is 9.80 Å². The van der Waals surface area contributed by atoms with Gasteiger partial charge in [-0.05, 0) is 62.4 Å². The number of carbonyl (C=O) groups excluding carboxylic acids is 3. The Morgan fingerprint density at radius 1 is 1.02 bits per heavy atom. The molecule has 0 saturated carbocycles. The molecular formula is C37H47N3O5S. The first kappa shape index (κ1) is 33.8. The zero-order valence-corrected chi connectivity index (χ0v) is 27.7. The number of anilines is 1. The van der Waals surface area contributed by atoms with Gasteiger partial charge in [-0.15, -0.1) is 24.9 Å². The Balaban J connectivity index is 1.47. The van der Waals surface area contributed by atoms with Crippen LogP contribution in [0, 0.1) is 11.8 Å². The van der Waals surface area contributed by atoms with Gasteiger partial charge in [-0.2, -0.15) is 0 Å². The van der Waals surface area contributed by atoms with Crippen LogP contribution in [0.5, 0.6) is 5.75 Å². The van der Waals surface area contributed by atoms with Crippen LogP contribution >= 0.6 is 11.8 Å². The molecule has 2 aromatic rings. The first-order valence-electron chi connectivity index (χ1n) is 16.6. The lowest BCUT2D eigenvalue weighted by molar-refractivity contribution is -0.143. The van der Waals surface area contributed by atoms with Gasteiger partial charge in [0.05, 0.1) is 23.2 Å². The maximum Gasteiger partial charge on any atom is 0.247 e. The summed E-state index contributed by atoms with van der Waals surface area (Å²) in [5, 5.41) is 9.22. The van der Waals surface area contributed by atoms with Crippen molar-refractivity contribution in [1.29, 1.82) is 0 Å². The van der Waals surface area contributed by atoms with Crippen molar-refractivity contribution < 1.29 is 24.2 Å². The lowest BCUT2D eigenvalue weighted by Crippen LogP contribution is -2.55. The van der Waals surface area contributed by atoms with Crippen molar-refractivity contribution in [2.75, 3.05) is 37.7 Å². The Morgan fingerprint density at radius 3 is 2.41 bits per heavy atom. The fourth-order valence-electron chi connectivity index (χ4n) is 7.59. The van der Waals surface area contributed by atoms with E-state index in [1.165, 1.54) is 0 Å². The quantitative estimate of drug-likeness (QED) is 0.182. The van der Waals surface area contributed by atoms with Gasteiger partial charge in [0.15, 0.2) is 0 Å². The monoisotopic (exact) mass is 645 g/mol. The van der Waals surface area contributed by atoms with Crippen LogP contribution in [0.2, 0.25) is 0 Å². The Morgan fingerprint density at radius 2 is 1.74 bits per heavy atom. The number of nitrogens with zero attached hydrogens (tertiary/aromatic N) is 3. The van der Waals surface area contributed by atoms with Gasteiger partial charge < -0.3 is 24.5 Å². The molecule has 0 aromatic heterocycles. The van der Waals surface area contributed by atoms with Gasteiger partial charge >= 0.3 is 0 Å². The van der Waals surface area contributed by atoms with Crippen molar-refractivity contribution in [3.63, 3.8) is 0 Å². The highest BCUT2D eigenvalue weighted by atomic mass is 32.2. The summed E-state index contributed by atoms with van der Waals surface area (Å²) in [6, 6.07) is 16.7. The second-order valence-electron chi connectivity index (χ2n) is 12.4. The van der Waals surface area contributed by atoms with Crippen LogP contribution in [-0.4, -0.2) is 81.5 Å². The highest BCUT2D eigenvalue weighted by Gasteiger charge is 2.74. The van der Waals surface area contributed by atoms with Crippen molar-refractivity contribution >= 4 is 35.2 Å². The predicted octanol–water partition coefficient (Wildman–Crippen LogP) is 5.46. The molecule has 2 aromatic carbocycles. The van der Waals surface area contributed by atoms with Gasteiger partial charge in [-0.3, -0.25) is 14.4 Å². The Bertz CT molecular complexity index is 1390. The average Bonchev–Trinajstić information content (AvgIpc) is 3.71. The standard InChI is InChI=1S/C37H47N3O5S/c1-4-22-38(26-27-14-10-9-11-15-27)36(44)33-37-21-20-30(46-37)31(32(37)35(43)40(33)24-12-7-8-13-25-41)34(42)39(23-5-2)28-16-18-29(19-17-28)45-6-3/h4-5,9-11,14-19,30-33,41H,1-2,6-8,12-13,20-26H2,3H3/t30-,31+,32+,33?,37?/m1/s1. The summed E-state index contributed by atoms with van der Waals surface area (Å²) >= 11 is 1.70. The summed E-state index contributed by atoms with van der Waals surface area (Å²) in [7, 11) is 0. The molecule has 3 aliphatic rings. The summed E-state index contributed by atoms with van der Waals surface area (Å²) in [6.45, 7) is 12.0. The van der Waals surface area contributed by atoms with E-state index in [4.69, 9.17) is 4.74 Å². The van der Waals surface area contributed by atoms with E-state index in [2.05, 4.69) is 13.2 Å². The smallest absolute Gasteiger partial charge is 0.247 e. The van der Waals surface area contributed by atoms with Crippen molar-refractivity contribution in [3.8, 4) is 5.75 Å². The second kappa shape index (κ2) is 15.4. The Kier molecular flexibility index (Phi) is 11.3. The largest absolute Gasteiger partial charge is 0.494 e. The van der Waals surface area contributed by atoms with E-state index >= 15 is 0 Å². The number of amides is 3.